The smallest absolute Gasteiger partial charge is 0.0139 e. The van der Waals surface area contributed by atoms with E-state index in [-0.39, 0.29) is 12.4 Å². The Kier molecular flexibility index (Phi) is 7.20. The molecule has 0 radical (unpaired) electrons. The topological polar surface area (TPSA) is 15.3 Å². The van der Waals surface area contributed by atoms with E-state index in [2.05, 4.69) is 47.5 Å². The van der Waals surface area contributed by atoms with E-state index in [0.29, 0.717) is 12.0 Å². The van der Waals surface area contributed by atoms with Crippen LogP contribution in [-0.2, 0) is 0 Å². The average molecular weight is 323 g/mol. The van der Waals surface area contributed by atoms with E-state index < -0.39 is 0 Å². The molecule has 2 aliphatic rings. The van der Waals surface area contributed by atoms with Gasteiger partial charge in [-0.15, -0.1) is 12.4 Å². The molecule has 1 heterocycles. The van der Waals surface area contributed by atoms with Gasteiger partial charge in [0.2, 0.25) is 0 Å². The first kappa shape index (κ1) is 17.8. The molecule has 22 heavy (non-hydrogen) atoms. The molecule has 1 aromatic rings. The minimum absolute atomic E-state index is 0. The fourth-order valence-electron chi connectivity index (χ4n) is 4.43. The quantitative estimate of drug-likeness (QED) is 0.899. The van der Waals surface area contributed by atoms with Crippen molar-refractivity contribution in [3.8, 4) is 0 Å². The molecule has 0 amide bonds. The Morgan fingerprint density at radius 1 is 1.00 bits per heavy atom. The molecule has 2 unspecified atom stereocenters. The molecule has 1 N–H and O–H groups in total. The third-order valence-electron chi connectivity index (χ3n) is 5.59. The Labute approximate surface area is 142 Å². The molecule has 1 aromatic carbocycles. The van der Waals surface area contributed by atoms with E-state index in [1.165, 1.54) is 45.2 Å². The largest absolute Gasteiger partial charge is 0.314 e. The summed E-state index contributed by atoms with van der Waals surface area (Å²) in [5.74, 6) is 1.59. The Hall–Kier alpha value is -0.570. The molecule has 1 aliphatic heterocycles. The zero-order valence-electron chi connectivity index (χ0n) is 13.8. The van der Waals surface area contributed by atoms with E-state index in [1.54, 1.807) is 5.56 Å². The highest BCUT2D eigenvalue weighted by molar-refractivity contribution is 5.85. The fourth-order valence-corrected chi connectivity index (χ4v) is 4.43. The second-order valence-corrected chi connectivity index (χ2v) is 6.86. The summed E-state index contributed by atoms with van der Waals surface area (Å²) in [6.07, 6.45) is 7.16. The summed E-state index contributed by atoms with van der Waals surface area (Å²) in [6.45, 7) is 7.18. The van der Waals surface area contributed by atoms with Gasteiger partial charge >= 0.3 is 0 Å². The van der Waals surface area contributed by atoms with Crippen LogP contribution in [0.15, 0.2) is 30.3 Å². The number of hydrogen-bond acceptors (Lipinski definition) is 2. The van der Waals surface area contributed by atoms with E-state index in [0.717, 1.165) is 19.0 Å². The monoisotopic (exact) mass is 322 g/mol. The van der Waals surface area contributed by atoms with Gasteiger partial charge in [0.05, 0.1) is 0 Å². The Morgan fingerprint density at radius 2 is 1.64 bits per heavy atom. The highest BCUT2D eigenvalue weighted by Crippen LogP contribution is 2.39. The van der Waals surface area contributed by atoms with Crippen LogP contribution in [0.2, 0.25) is 0 Å². The molecule has 0 spiro atoms. The lowest BCUT2D eigenvalue weighted by atomic mass is 9.73. The molecule has 2 nitrogen and oxygen atoms in total. The van der Waals surface area contributed by atoms with Crippen LogP contribution in [-0.4, -0.2) is 37.1 Å². The number of halogens is 1. The van der Waals surface area contributed by atoms with Crippen molar-refractivity contribution in [2.24, 2.45) is 5.92 Å². The van der Waals surface area contributed by atoms with Crippen molar-refractivity contribution in [3.63, 3.8) is 0 Å². The predicted octanol–water partition coefficient (Wildman–Crippen LogP) is 4.07. The highest BCUT2D eigenvalue weighted by atomic mass is 35.5. The van der Waals surface area contributed by atoms with Gasteiger partial charge in [-0.1, -0.05) is 49.6 Å². The van der Waals surface area contributed by atoms with E-state index in [1.807, 2.05) is 0 Å². The molecular formula is C19H31ClN2. The molecular weight excluding hydrogens is 292 g/mol. The maximum atomic E-state index is 3.49. The molecule has 1 saturated carbocycles. The number of rotatable bonds is 4. The fraction of sp³-hybridized carbons (Fsp3) is 0.684. The van der Waals surface area contributed by atoms with Crippen molar-refractivity contribution >= 4 is 12.4 Å². The van der Waals surface area contributed by atoms with E-state index >= 15 is 0 Å². The number of nitrogens with zero attached hydrogens (tertiary/aromatic N) is 1. The summed E-state index contributed by atoms with van der Waals surface area (Å²) in [6, 6.07) is 12.0. The Morgan fingerprint density at radius 3 is 2.27 bits per heavy atom. The first-order valence-corrected chi connectivity index (χ1v) is 8.86. The van der Waals surface area contributed by atoms with Crippen molar-refractivity contribution in [3.05, 3.63) is 35.9 Å². The van der Waals surface area contributed by atoms with Crippen molar-refractivity contribution in [1.29, 1.82) is 0 Å². The van der Waals surface area contributed by atoms with Crippen LogP contribution < -0.4 is 5.32 Å². The van der Waals surface area contributed by atoms with Gasteiger partial charge in [0.15, 0.2) is 0 Å². The van der Waals surface area contributed by atoms with Crippen LogP contribution in [0.25, 0.3) is 0 Å². The predicted molar refractivity (Wildman–Crippen MR) is 96.9 cm³/mol. The molecule has 3 heteroatoms. The van der Waals surface area contributed by atoms with E-state index in [4.69, 9.17) is 0 Å². The summed E-state index contributed by atoms with van der Waals surface area (Å²) in [5.41, 5.74) is 1.57. The lowest BCUT2D eigenvalue weighted by Gasteiger charge is -2.42. The number of piperazine rings is 1. The minimum atomic E-state index is 0. The van der Waals surface area contributed by atoms with Gasteiger partial charge in [0, 0.05) is 38.1 Å². The van der Waals surface area contributed by atoms with Gasteiger partial charge in [0.1, 0.15) is 0 Å². The van der Waals surface area contributed by atoms with Crippen molar-refractivity contribution in [2.75, 3.05) is 26.2 Å². The second kappa shape index (κ2) is 8.90. The lowest BCUT2D eigenvalue weighted by molar-refractivity contribution is 0.127. The summed E-state index contributed by atoms with van der Waals surface area (Å²) in [4.78, 5) is 2.71. The summed E-state index contributed by atoms with van der Waals surface area (Å²) < 4.78 is 0. The molecule has 2 fully saturated rings. The maximum Gasteiger partial charge on any atom is 0.0139 e. The van der Waals surface area contributed by atoms with Gasteiger partial charge in [-0.3, -0.25) is 4.90 Å². The van der Waals surface area contributed by atoms with Crippen molar-refractivity contribution in [1.82, 2.24) is 10.2 Å². The van der Waals surface area contributed by atoms with Crippen LogP contribution in [0.4, 0.5) is 0 Å². The molecule has 0 aromatic heterocycles. The zero-order valence-corrected chi connectivity index (χ0v) is 14.7. The van der Waals surface area contributed by atoms with Crippen LogP contribution in [0.5, 0.6) is 0 Å². The van der Waals surface area contributed by atoms with Crippen LogP contribution in [0, 0.1) is 5.92 Å². The normalized spacial score (nSPS) is 23.5. The van der Waals surface area contributed by atoms with Gasteiger partial charge < -0.3 is 5.32 Å². The Balaban J connectivity index is 0.00000176. The van der Waals surface area contributed by atoms with E-state index in [9.17, 15) is 0 Å². The minimum Gasteiger partial charge on any atom is -0.314 e. The molecule has 124 valence electrons. The second-order valence-electron chi connectivity index (χ2n) is 6.86. The number of hydrogen-bond donors (Lipinski definition) is 1. The zero-order chi connectivity index (χ0) is 14.5. The summed E-state index contributed by atoms with van der Waals surface area (Å²) >= 11 is 0. The molecule has 2 atom stereocenters. The molecule has 3 rings (SSSR count). The number of benzene rings is 1. The first-order chi connectivity index (χ1) is 10.4. The molecule has 1 saturated heterocycles. The third kappa shape index (κ3) is 4.24. The van der Waals surface area contributed by atoms with Gasteiger partial charge in [-0.2, -0.15) is 0 Å². The molecule has 1 aliphatic carbocycles. The van der Waals surface area contributed by atoms with Gasteiger partial charge in [-0.25, -0.2) is 0 Å². The van der Waals surface area contributed by atoms with Crippen LogP contribution in [0.3, 0.4) is 0 Å². The van der Waals surface area contributed by atoms with Crippen LogP contribution in [0.1, 0.15) is 50.5 Å². The standard InChI is InChI=1S/C19H30N2.ClH/c1-16(21-14-12-20-13-15-21)19(17-8-4-2-5-9-17)18-10-6-3-7-11-18;/h2,4-5,8-9,16,18-20H,3,6-7,10-15H2,1H3;1H. The SMILES string of the molecule is CC(C(c1ccccc1)C1CCCCC1)N1CCNCC1.Cl. The van der Waals surface area contributed by atoms with Gasteiger partial charge in [-0.05, 0) is 31.2 Å². The third-order valence-corrected chi connectivity index (χ3v) is 5.59. The molecule has 0 bridgehead atoms. The lowest BCUT2D eigenvalue weighted by Crippen LogP contribution is -2.50. The Bertz CT molecular complexity index is 411. The summed E-state index contributed by atoms with van der Waals surface area (Å²) in [5, 5.41) is 3.49. The highest BCUT2D eigenvalue weighted by Gasteiger charge is 2.32. The van der Waals surface area contributed by atoms with Crippen LogP contribution >= 0.6 is 12.4 Å². The summed E-state index contributed by atoms with van der Waals surface area (Å²) in [7, 11) is 0. The first-order valence-electron chi connectivity index (χ1n) is 8.86. The average Bonchev–Trinajstić information content (AvgIpc) is 2.58. The van der Waals surface area contributed by atoms with Crippen molar-refractivity contribution in [2.45, 2.75) is 51.0 Å². The number of nitrogens with one attached hydrogen (secondary N) is 1. The maximum absolute atomic E-state index is 3.49. The van der Waals surface area contributed by atoms with Gasteiger partial charge in [0.25, 0.3) is 0 Å². The van der Waals surface area contributed by atoms with Crippen molar-refractivity contribution < 1.29 is 0 Å².